The molecule has 0 spiro atoms. The number of amides is 1. The number of aryl methyl sites for hydroxylation is 2. The van der Waals surface area contributed by atoms with Gasteiger partial charge in [0.1, 0.15) is 0 Å². The van der Waals surface area contributed by atoms with Crippen LogP contribution in [0.15, 0.2) is 48.7 Å². The monoisotopic (exact) mass is 515 g/mol. The number of hydrogen-bond acceptors (Lipinski definition) is 8. The second-order valence-electron chi connectivity index (χ2n) is 8.31. The lowest BCUT2D eigenvalue weighted by Crippen LogP contribution is -2.23. The molecule has 4 rings (SSSR count). The fourth-order valence-corrected chi connectivity index (χ4v) is 3.49. The molecule has 0 fully saturated rings. The van der Waals surface area contributed by atoms with Gasteiger partial charge >= 0.3 is 6.18 Å². The molecule has 0 saturated carbocycles. The van der Waals surface area contributed by atoms with Gasteiger partial charge in [0, 0.05) is 36.7 Å². The quantitative estimate of drug-likeness (QED) is 0.241. The summed E-state index contributed by atoms with van der Waals surface area (Å²) in [6, 6.07) is 9.24. The number of fused-ring (bicyclic) bond motifs is 1. The van der Waals surface area contributed by atoms with Crippen LogP contribution in [0, 0.1) is 6.92 Å². The summed E-state index contributed by atoms with van der Waals surface area (Å²) >= 11 is 0. The Bertz CT molecular complexity index is 1440. The molecule has 0 aliphatic rings. The molecule has 10 nitrogen and oxygen atoms in total. The first-order valence-corrected chi connectivity index (χ1v) is 11.1. The third kappa shape index (κ3) is 5.95. The van der Waals surface area contributed by atoms with Gasteiger partial charge in [0.25, 0.3) is 5.91 Å². The highest BCUT2D eigenvalue weighted by atomic mass is 19.4. The fourth-order valence-electron chi connectivity index (χ4n) is 3.49. The molecule has 2 aromatic carbocycles. The Kier molecular flexibility index (Phi) is 7.27. The molecule has 37 heavy (non-hydrogen) atoms. The van der Waals surface area contributed by atoms with Gasteiger partial charge in [0.05, 0.1) is 23.7 Å². The van der Waals surface area contributed by atoms with Crippen LogP contribution in [0.25, 0.3) is 11.0 Å². The van der Waals surface area contributed by atoms with E-state index < -0.39 is 30.4 Å². The van der Waals surface area contributed by atoms with Gasteiger partial charge in [0.2, 0.25) is 5.95 Å². The van der Waals surface area contributed by atoms with Gasteiger partial charge in [-0.2, -0.15) is 23.3 Å². The minimum atomic E-state index is -4.55. The first kappa shape index (κ1) is 25.9. The maximum atomic E-state index is 13.0. The number of aliphatic hydroxyl groups is 2. The number of nitrogens with zero attached hydrogens (tertiary/aromatic N) is 4. The van der Waals surface area contributed by atoms with Crippen molar-refractivity contribution < 1.29 is 28.2 Å². The van der Waals surface area contributed by atoms with E-state index in [2.05, 4.69) is 31.0 Å². The number of aromatic nitrogens is 4. The normalized spacial score (nSPS) is 12.4. The molecule has 2 heterocycles. The lowest BCUT2D eigenvalue weighted by Gasteiger charge is -2.12. The van der Waals surface area contributed by atoms with E-state index in [-0.39, 0.29) is 18.1 Å². The topological polar surface area (TPSA) is 137 Å². The summed E-state index contributed by atoms with van der Waals surface area (Å²) in [5, 5.41) is 32.1. The predicted octanol–water partition coefficient (Wildman–Crippen LogP) is 3.45. The van der Waals surface area contributed by atoms with Gasteiger partial charge in [-0.3, -0.25) is 4.79 Å². The van der Waals surface area contributed by atoms with Crippen molar-refractivity contribution in [2.45, 2.75) is 19.2 Å². The van der Waals surface area contributed by atoms with Crippen molar-refractivity contribution >= 4 is 40.1 Å². The highest BCUT2D eigenvalue weighted by Crippen LogP contribution is 2.31. The summed E-state index contributed by atoms with van der Waals surface area (Å²) < 4.78 is 40.6. The van der Waals surface area contributed by atoms with Gasteiger partial charge in [-0.1, -0.05) is 12.1 Å². The van der Waals surface area contributed by atoms with Crippen molar-refractivity contribution in [3.05, 3.63) is 65.4 Å². The van der Waals surface area contributed by atoms with Gasteiger partial charge < -0.3 is 26.2 Å². The zero-order valence-corrected chi connectivity index (χ0v) is 19.8. The van der Waals surface area contributed by atoms with E-state index >= 15 is 0 Å². The first-order valence-electron chi connectivity index (χ1n) is 11.1. The molecule has 1 atom stereocenters. The SMILES string of the molecule is Cc1ccc(NC(=O)c2cccc(C(F)(F)F)c2)cc1Nc1nn(C)c2nc(NCC(O)CO)ncc12. The smallest absolute Gasteiger partial charge is 0.394 e. The molecule has 5 N–H and O–H groups in total. The summed E-state index contributed by atoms with van der Waals surface area (Å²) in [6.07, 6.45) is -3.95. The Morgan fingerprint density at radius 3 is 2.70 bits per heavy atom. The van der Waals surface area contributed by atoms with Crippen LogP contribution < -0.4 is 16.0 Å². The average molecular weight is 515 g/mol. The third-order valence-corrected chi connectivity index (χ3v) is 5.49. The summed E-state index contributed by atoms with van der Waals surface area (Å²) in [6.45, 7) is 1.52. The largest absolute Gasteiger partial charge is 0.416 e. The maximum absolute atomic E-state index is 13.0. The van der Waals surface area contributed by atoms with Crippen LogP contribution in [-0.2, 0) is 13.2 Å². The Morgan fingerprint density at radius 2 is 1.97 bits per heavy atom. The number of nitrogens with one attached hydrogen (secondary N) is 3. The molecule has 0 aliphatic carbocycles. The van der Waals surface area contributed by atoms with E-state index in [0.29, 0.717) is 28.2 Å². The van der Waals surface area contributed by atoms with Crippen molar-refractivity contribution in [2.75, 3.05) is 29.1 Å². The Hall–Kier alpha value is -4.23. The second kappa shape index (κ2) is 10.4. The molecule has 0 bridgehead atoms. The zero-order chi connectivity index (χ0) is 26.7. The van der Waals surface area contributed by atoms with Crippen molar-refractivity contribution in [1.29, 1.82) is 0 Å². The van der Waals surface area contributed by atoms with Crippen LogP contribution in [-0.4, -0.2) is 55.1 Å². The van der Waals surface area contributed by atoms with E-state index in [1.165, 1.54) is 12.1 Å². The Morgan fingerprint density at radius 1 is 1.19 bits per heavy atom. The highest BCUT2D eigenvalue weighted by Gasteiger charge is 2.31. The molecule has 4 aromatic rings. The molecule has 0 saturated heterocycles. The number of halogens is 3. The number of carbonyl (C=O) groups excluding carboxylic acids is 1. The molecular formula is C24H24F3N7O3. The minimum absolute atomic E-state index is 0.0726. The van der Waals surface area contributed by atoms with Crippen LogP contribution in [0.5, 0.6) is 0 Å². The summed E-state index contributed by atoms with van der Waals surface area (Å²) in [4.78, 5) is 21.2. The number of benzene rings is 2. The van der Waals surface area contributed by atoms with Crippen molar-refractivity contribution in [1.82, 2.24) is 19.7 Å². The minimum Gasteiger partial charge on any atom is -0.394 e. The Labute approximate surface area is 209 Å². The molecule has 0 aliphatic heterocycles. The van der Waals surface area contributed by atoms with E-state index in [1.54, 1.807) is 36.1 Å². The van der Waals surface area contributed by atoms with Crippen LogP contribution >= 0.6 is 0 Å². The van der Waals surface area contributed by atoms with Crippen molar-refractivity contribution in [3.63, 3.8) is 0 Å². The lowest BCUT2D eigenvalue weighted by molar-refractivity contribution is -0.137. The van der Waals surface area contributed by atoms with Crippen molar-refractivity contribution in [3.8, 4) is 0 Å². The van der Waals surface area contributed by atoms with Gasteiger partial charge in [-0.05, 0) is 42.8 Å². The number of rotatable bonds is 8. The number of hydrogen-bond donors (Lipinski definition) is 5. The third-order valence-electron chi connectivity index (χ3n) is 5.49. The molecule has 0 radical (unpaired) electrons. The number of carbonyl (C=O) groups is 1. The van der Waals surface area contributed by atoms with Gasteiger partial charge in [-0.25, -0.2) is 9.67 Å². The second-order valence-corrected chi connectivity index (χ2v) is 8.31. The van der Waals surface area contributed by atoms with E-state index in [0.717, 1.165) is 17.7 Å². The van der Waals surface area contributed by atoms with Crippen LogP contribution in [0.2, 0.25) is 0 Å². The van der Waals surface area contributed by atoms with E-state index in [9.17, 15) is 23.1 Å². The number of alkyl halides is 3. The van der Waals surface area contributed by atoms with Crippen molar-refractivity contribution in [2.24, 2.45) is 7.05 Å². The zero-order valence-electron chi connectivity index (χ0n) is 19.8. The predicted molar refractivity (Wildman–Crippen MR) is 132 cm³/mol. The molecular weight excluding hydrogens is 491 g/mol. The average Bonchev–Trinajstić information content (AvgIpc) is 3.18. The molecule has 1 amide bonds. The standard InChI is InChI=1S/C24H24F3N7O3/c1-13-6-7-16(30-22(37)14-4-3-5-15(8-14)24(25,26)27)9-19(13)31-20-18-11-29-23(28-10-17(36)12-35)32-21(18)34(2)33-20/h3-9,11,17,35-36H,10,12H2,1-2H3,(H,30,37)(H,31,33)(H,28,29,32). The highest BCUT2D eigenvalue weighted by molar-refractivity contribution is 6.04. The molecule has 2 aromatic heterocycles. The van der Waals surface area contributed by atoms with Crippen LogP contribution in [0.1, 0.15) is 21.5 Å². The lowest BCUT2D eigenvalue weighted by atomic mass is 10.1. The molecule has 1 unspecified atom stereocenters. The first-order chi connectivity index (χ1) is 17.5. The van der Waals surface area contributed by atoms with Gasteiger partial charge in [0.15, 0.2) is 11.5 Å². The molecule has 194 valence electrons. The number of anilines is 4. The maximum Gasteiger partial charge on any atom is 0.416 e. The van der Waals surface area contributed by atoms with E-state index in [4.69, 9.17) is 5.11 Å². The van der Waals surface area contributed by atoms with E-state index in [1.807, 2.05) is 6.92 Å². The summed E-state index contributed by atoms with van der Waals surface area (Å²) in [5.41, 5.74) is 1.29. The van der Waals surface area contributed by atoms with Crippen LogP contribution in [0.3, 0.4) is 0 Å². The summed E-state index contributed by atoms with van der Waals surface area (Å²) in [5.74, 6) is 0.0258. The molecule has 13 heteroatoms. The van der Waals surface area contributed by atoms with Gasteiger partial charge in [-0.15, -0.1) is 0 Å². The summed E-state index contributed by atoms with van der Waals surface area (Å²) in [7, 11) is 1.70. The van der Waals surface area contributed by atoms with Crippen LogP contribution in [0.4, 0.5) is 36.3 Å². The fraction of sp³-hybridized carbons (Fsp3) is 0.250. The number of aliphatic hydroxyl groups excluding tert-OH is 2. The Balaban J connectivity index is 1.54.